The van der Waals surface area contributed by atoms with E-state index in [2.05, 4.69) is 30.4 Å². The van der Waals surface area contributed by atoms with Crippen LogP contribution in [0.15, 0.2) is 29.2 Å². The molecule has 0 saturated heterocycles. The maximum absolute atomic E-state index is 11.0. The number of thioether (sulfide) groups is 1. The highest BCUT2D eigenvalue weighted by molar-refractivity contribution is 7.99. The van der Waals surface area contributed by atoms with Crippen molar-refractivity contribution in [3.8, 4) is 0 Å². The molecule has 0 aliphatic rings. The van der Waals surface area contributed by atoms with E-state index in [0.29, 0.717) is 12.5 Å². The van der Waals surface area contributed by atoms with Crippen LogP contribution in [0.2, 0.25) is 0 Å². The third-order valence-electron chi connectivity index (χ3n) is 2.72. The van der Waals surface area contributed by atoms with Gasteiger partial charge < -0.3 is 5.32 Å². The Balaban J connectivity index is 2.48. The van der Waals surface area contributed by atoms with Crippen LogP contribution in [-0.4, -0.2) is 33.2 Å². The van der Waals surface area contributed by atoms with Crippen LogP contribution in [0, 0.1) is 0 Å². The summed E-state index contributed by atoms with van der Waals surface area (Å²) in [5.41, 5.74) is 1.26. The Morgan fingerprint density at radius 1 is 1.39 bits per heavy atom. The molecule has 1 N–H and O–H groups in total. The average Bonchev–Trinajstić information content (AvgIpc) is 2.33. The highest BCUT2D eigenvalue weighted by Gasteiger charge is 2.05. The number of nitrogens with one attached hydrogen (secondary N) is 1. The number of hydrogen-bond donors (Lipinski definition) is 1. The summed E-state index contributed by atoms with van der Waals surface area (Å²) in [7, 11) is -0.886. The Bertz CT molecular complexity index is 472. The van der Waals surface area contributed by atoms with Gasteiger partial charge >= 0.3 is 0 Å². The van der Waals surface area contributed by atoms with E-state index in [1.807, 2.05) is 13.1 Å². The molecule has 0 amide bonds. The van der Waals surface area contributed by atoms with Crippen LogP contribution in [0.25, 0.3) is 0 Å². The molecular weight excluding hydrogens is 266 g/mol. The first-order valence-corrected chi connectivity index (χ1v) is 9.05. The second-order valence-electron chi connectivity index (χ2n) is 4.41. The Morgan fingerprint density at radius 3 is 2.72 bits per heavy atom. The fraction of sp³-hybridized carbons (Fsp3) is 0.538. The first-order chi connectivity index (χ1) is 8.42. The smallest absolute Gasteiger partial charge is 0.147 e. The molecule has 0 aromatic heterocycles. The van der Waals surface area contributed by atoms with Crippen molar-refractivity contribution in [3.05, 3.63) is 29.8 Å². The lowest BCUT2D eigenvalue weighted by molar-refractivity contribution is 0.600. The second-order valence-corrected chi connectivity index (χ2v) is 7.84. The first-order valence-electron chi connectivity index (χ1n) is 6.00. The van der Waals surface area contributed by atoms with Crippen molar-refractivity contribution in [3.63, 3.8) is 0 Å². The molecule has 0 heterocycles. The lowest BCUT2D eigenvalue weighted by atomic mass is 10.1. The van der Waals surface area contributed by atoms with Crippen LogP contribution in [0.4, 0.5) is 0 Å². The lowest BCUT2D eigenvalue weighted by Gasteiger charge is -2.11. The number of hydrogen-bond acceptors (Lipinski definition) is 4. The Hall–Kier alpha value is -0.520. The molecule has 0 saturated carbocycles. The van der Waals surface area contributed by atoms with Crippen LogP contribution in [0.3, 0.4) is 0 Å². The van der Waals surface area contributed by atoms with E-state index in [9.17, 15) is 8.42 Å². The molecule has 0 fully saturated rings. The van der Waals surface area contributed by atoms with Gasteiger partial charge in [-0.25, -0.2) is 8.42 Å². The highest BCUT2D eigenvalue weighted by atomic mass is 32.2. The monoisotopic (exact) mass is 287 g/mol. The zero-order chi connectivity index (χ0) is 13.6. The van der Waals surface area contributed by atoms with Gasteiger partial charge in [-0.05, 0) is 43.8 Å². The predicted octanol–water partition coefficient (Wildman–Crippen LogP) is 2.49. The van der Waals surface area contributed by atoms with E-state index in [0.717, 1.165) is 5.75 Å². The normalized spacial score (nSPS) is 13.5. The standard InChI is InChI=1S/C13H21NO2S2/c1-11(14-2)12-6-4-7-13(10-12)17-8-5-9-18(3,15)16/h4,6-7,10-11,14H,5,8-9H2,1-3H3. The van der Waals surface area contributed by atoms with Crippen molar-refractivity contribution >= 4 is 21.6 Å². The summed E-state index contributed by atoms with van der Waals surface area (Å²) < 4.78 is 22.0. The maximum atomic E-state index is 11.0. The van der Waals surface area contributed by atoms with Crippen LogP contribution in [-0.2, 0) is 9.84 Å². The van der Waals surface area contributed by atoms with Gasteiger partial charge in [0.15, 0.2) is 0 Å². The minimum absolute atomic E-state index is 0.270. The maximum Gasteiger partial charge on any atom is 0.147 e. The van der Waals surface area contributed by atoms with Crippen molar-refractivity contribution in [2.24, 2.45) is 0 Å². The van der Waals surface area contributed by atoms with E-state index >= 15 is 0 Å². The molecule has 1 rings (SSSR count). The van der Waals surface area contributed by atoms with Gasteiger partial charge in [0.25, 0.3) is 0 Å². The fourth-order valence-electron chi connectivity index (χ4n) is 1.55. The van der Waals surface area contributed by atoms with Gasteiger partial charge in [0.2, 0.25) is 0 Å². The van der Waals surface area contributed by atoms with Crippen LogP contribution in [0.1, 0.15) is 24.9 Å². The molecule has 102 valence electrons. The second kappa shape index (κ2) is 7.16. The quantitative estimate of drug-likeness (QED) is 0.618. The Kier molecular flexibility index (Phi) is 6.18. The zero-order valence-corrected chi connectivity index (χ0v) is 12.8. The Morgan fingerprint density at radius 2 is 2.11 bits per heavy atom. The summed E-state index contributed by atoms with van der Waals surface area (Å²) in [6, 6.07) is 8.70. The molecule has 1 aromatic rings. The van der Waals surface area contributed by atoms with Crippen molar-refractivity contribution in [1.29, 1.82) is 0 Å². The van der Waals surface area contributed by atoms with E-state index in [1.54, 1.807) is 11.8 Å². The SMILES string of the molecule is CNC(C)c1cccc(SCCCS(C)(=O)=O)c1. The molecule has 1 aromatic carbocycles. The molecule has 1 unspecified atom stereocenters. The fourth-order valence-corrected chi connectivity index (χ4v) is 3.32. The van der Waals surface area contributed by atoms with Crippen molar-refractivity contribution in [2.75, 3.05) is 24.8 Å². The third kappa shape index (κ3) is 5.89. The van der Waals surface area contributed by atoms with Crippen LogP contribution >= 0.6 is 11.8 Å². The minimum atomic E-state index is -2.83. The average molecular weight is 287 g/mol. The van der Waals surface area contributed by atoms with E-state index < -0.39 is 9.84 Å². The van der Waals surface area contributed by atoms with Gasteiger partial charge in [-0.3, -0.25) is 0 Å². The van der Waals surface area contributed by atoms with Gasteiger partial charge in [0.05, 0.1) is 5.75 Å². The largest absolute Gasteiger partial charge is 0.313 e. The highest BCUT2D eigenvalue weighted by Crippen LogP contribution is 2.22. The van der Waals surface area contributed by atoms with Crippen molar-refractivity contribution in [1.82, 2.24) is 5.32 Å². The van der Waals surface area contributed by atoms with Gasteiger partial charge in [0, 0.05) is 17.2 Å². The number of benzene rings is 1. The summed E-state index contributed by atoms with van der Waals surface area (Å²) >= 11 is 1.71. The lowest BCUT2D eigenvalue weighted by Crippen LogP contribution is -2.12. The first kappa shape index (κ1) is 15.5. The summed E-state index contributed by atoms with van der Waals surface area (Å²) in [5.74, 6) is 1.11. The molecule has 0 aliphatic heterocycles. The molecular formula is C13H21NO2S2. The molecule has 5 heteroatoms. The summed E-state index contributed by atoms with van der Waals surface area (Å²) in [5, 5.41) is 3.21. The van der Waals surface area contributed by atoms with Crippen LogP contribution in [0.5, 0.6) is 0 Å². The zero-order valence-electron chi connectivity index (χ0n) is 11.1. The van der Waals surface area contributed by atoms with E-state index in [4.69, 9.17) is 0 Å². The topological polar surface area (TPSA) is 46.2 Å². The predicted molar refractivity (Wildman–Crippen MR) is 79.0 cm³/mol. The molecule has 0 radical (unpaired) electrons. The van der Waals surface area contributed by atoms with E-state index in [1.165, 1.54) is 16.7 Å². The van der Waals surface area contributed by atoms with Crippen LogP contribution < -0.4 is 5.32 Å². The summed E-state index contributed by atoms with van der Waals surface area (Å²) in [6.07, 6.45) is 1.99. The van der Waals surface area contributed by atoms with Gasteiger partial charge in [0.1, 0.15) is 9.84 Å². The van der Waals surface area contributed by atoms with Crippen molar-refractivity contribution in [2.45, 2.75) is 24.3 Å². The molecule has 0 bridgehead atoms. The molecule has 3 nitrogen and oxygen atoms in total. The van der Waals surface area contributed by atoms with E-state index in [-0.39, 0.29) is 5.75 Å². The Labute approximate surface area is 114 Å². The van der Waals surface area contributed by atoms with Gasteiger partial charge in [-0.2, -0.15) is 0 Å². The minimum Gasteiger partial charge on any atom is -0.313 e. The summed E-state index contributed by atoms with van der Waals surface area (Å²) in [6.45, 7) is 2.12. The van der Waals surface area contributed by atoms with Crippen molar-refractivity contribution < 1.29 is 8.42 Å². The van der Waals surface area contributed by atoms with Gasteiger partial charge in [-0.15, -0.1) is 11.8 Å². The number of sulfone groups is 1. The summed E-state index contributed by atoms with van der Waals surface area (Å²) in [4.78, 5) is 1.20. The number of rotatable bonds is 7. The molecule has 0 spiro atoms. The third-order valence-corrected chi connectivity index (χ3v) is 4.83. The van der Waals surface area contributed by atoms with Gasteiger partial charge in [-0.1, -0.05) is 12.1 Å². The molecule has 1 atom stereocenters. The molecule has 0 aliphatic carbocycles. The molecule has 18 heavy (non-hydrogen) atoms.